The number of aromatic nitrogens is 1. The van der Waals surface area contributed by atoms with E-state index in [-0.39, 0.29) is 12.4 Å². The van der Waals surface area contributed by atoms with E-state index in [9.17, 15) is 9.59 Å². The molecule has 0 saturated carbocycles. The number of hydrogen-bond acceptors (Lipinski definition) is 4. The molecule has 32 heavy (non-hydrogen) atoms. The third-order valence-corrected chi connectivity index (χ3v) is 5.87. The van der Waals surface area contributed by atoms with E-state index in [0.29, 0.717) is 27.7 Å². The minimum Gasteiger partial charge on any atom is -0.454 e. The lowest BCUT2D eigenvalue weighted by atomic mass is 10.0. The van der Waals surface area contributed by atoms with Crippen molar-refractivity contribution in [3.05, 3.63) is 99.5 Å². The molecule has 0 radical (unpaired) electrons. The molecule has 0 aliphatic heterocycles. The zero-order valence-corrected chi connectivity index (χ0v) is 19.5. The standard InChI is InChI=1S/C27H22BrNO3/c1-3-18-5-7-20(8-6-18)26(30)16-32-27(31)23-15-25(19-9-11-21(28)12-10-19)29-24-13-4-17(2)14-22(23)24/h4-15H,3,16H2,1-2H3. The molecule has 0 bridgehead atoms. The van der Waals surface area contributed by atoms with Crippen LogP contribution in [-0.4, -0.2) is 23.3 Å². The van der Waals surface area contributed by atoms with Crippen molar-refractivity contribution in [2.75, 3.05) is 6.61 Å². The van der Waals surface area contributed by atoms with Crippen molar-refractivity contribution in [1.29, 1.82) is 0 Å². The van der Waals surface area contributed by atoms with E-state index in [0.717, 1.165) is 27.6 Å². The summed E-state index contributed by atoms with van der Waals surface area (Å²) in [6.45, 7) is 3.70. The Morgan fingerprint density at radius 3 is 2.34 bits per heavy atom. The molecule has 0 saturated heterocycles. The number of carbonyl (C=O) groups is 2. The SMILES string of the molecule is CCc1ccc(C(=O)COC(=O)c2cc(-c3ccc(Br)cc3)nc3ccc(C)cc23)cc1. The van der Waals surface area contributed by atoms with Gasteiger partial charge in [0, 0.05) is 21.0 Å². The topological polar surface area (TPSA) is 56.3 Å². The maximum absolute atomic E-state index is 13.0. The minimum absolute atomic E-state index is 0.233. The first-order valence-corrected chi connectivity index (χ1v) is 11.2. The Balaban J connectivity index is 1.63. The first kappa shape index (κ1) is 21.9. The number of ether oxygens (including phenoxy) is 1. The zero-order valence-electron chi connectivity index (χ0n) is 17.9. The van der Waals surface area contributed by atoms with Crippen LogP contribution in [0.4, 0.5) is 0 Å². The molecule has 0 fully saturated rings. The number of esters is 1. The van der Waals surface area contributed by atoms with Gasteiger partial charge in [-0.1, -0.05) is 70.9 Å². The van der Waals surface area contributed by atoms with Crippen LogP contribution in [0, 0.1) is 6.92 Å². The Bertz CT molecular complexity index is 1300. The number of nitrogens with zero attached hydrogens (tertiary/aromatic N) is 1. The van der Waals surface area contributed by atoms with Gasteiger partial charge in [-0.25, -0.2) is 9.78 Å². The number of aryl methyl sites for hydroxylation is 2. The molecule has 4 aromatic rings. The van der Waals surface area contributed by atoms with Crippen molar-refractivity contribution in [2.45, 2.75) is 20.3 Å². The van der Waals surface area contributed by atoms with Crippen LogP contribution in [0.1, 0.15) is 38.8 Å². The molecule has 4 rings (SSSR count). The van der Waals surface area contributed by atoms with Crippen molar-refractivity contribution in [2.24, 2.45) is 0 Å². The highest BCUT2D eigenvalue weighted by molar-refractivity contribution is 9.10. The molecule has 3 aromatic carbocycles. The molecule has 1 aromatic heterocycles. The van der Waals surface area contributed by atoms with Crippen LogP contribution in [0.3, 0.4) is 0 Å². The van der Waals surface area contributed by atoms with Gasteiger partial charge in [0.15, 0.2) is 12.4 Å². The number of fused-ring (bicyclic) bond motifs is 1. The van der Waals surface area contributed by atoms with Crippen molar-refractivity contribution < 1.29 is 14.3 Å². The van der Waals surface area contributed by atoms with Crippen molar-refractivity contribution in [1.82, 2.24) is 4.98 Å². The van der Waals surface area contributed by atoms with Gasteiger partial charge in [-0.2, -0.15) is 0 Å². The summed E-state index contributed by atoms with van der Waals surface area (Å²) in [4.78, 5) is 30.3. The fourth-order valence-corrected chi connectivity index (χ4v) is 3.76. The van der Waals surface area contributed by atoms with Crippen LogP contribution in [0.5, 0.6) is 0 Å². The quantitative estimate of drug-likeness (QED) is 0.227. The molecule has 4 nitrogen and oxygen atoms in total. The molecule has 0 N–H and O–H groups in total. The second-order valence-corrected chi connectivity index (χ2v) is 8.55. The van der Waals surface area contributed by atoms with E-state index in [1.165, 1.54) is 0 Å². The Morgan fingerprint density at radius 1 is 0.938 bits per heavy atom. The van der Waals surface area contributed by atoms with Gasteiger partial charge in [0.05, 0.1) is 16.8 Å². The fraction of sp³-hybridized carbons (Fsp3) is 0.148. The lowest BCUT2D eigenvalue weighted by Gasteiger charge is -2.11. The highest BCUT2D eigenvalue weighted by Gasteiger charge is 2.17. The molecule has 0 atom stereocenters. The van der Waals surface area contributed by atoms with E-state index in [1.54, 1.807) is 18.2 Å². The molecule has 0 aliphatic carbocycles. The van der Waals surface area contributed by atoms with Gasteiger partial charge in [-0.05, 0) is 49.2 Å². The number of carbonyl (C=O) groups excluding carboxylic acids is 2. The Labute approximate surface area is 195 Å². The molecule has 1 heterocycles. The van der Waals surface area contributed by atoms with E-state index in [2.05, 4.69) is 22.9 Å². The highest BCUT2D eigenvalue weighted by atomic mass is 79.9. The van der Waals surface area contributed by atoms with Gasteiger partial charge in [0.1, 0.15) is 0 Å². The first-order chi connectivity index (χ1) is 15.4. The van der Waals surface area contributed by atoms with Gasteiger partial charge in [0.2, 0.25) is 0 Å². The summed E-state index contributed by atoms with van der Waals surface area (Å²) in [5.41, 5.74) is 5.34. The predicted molar refractivity (Wildman–Crippen MR) is 130 cm³/mol. The molecule has 0 aliphatic rings. The molecule has 5 heteroatoms. The van der Waals surface area contributed by atoms with Crippen molar-refractivity contribution >= 4 is 38.6 Å². The van der Waals surface area contributed by atoms with Gasteiger partial charge in [-0.3, -0.25) is 4.79 Å². The van der Waals surface area contributed by atoms with E-state index < -0.39 is 5.97 Å². The predicted octanol–water partition coefficient (Wildman–Crippen LogP) is 6.57. The monoisotopic (exact) mass is 487 g/mol. The largest absolute Gasteiger partial charge is 0.454 e. The molecule has 0 unspecified atom stereocenters. The maximum Gasteiger partial charge on any atom is 0.339 e. The average molecular weight is 488 g/mol. The van der Waals surface area contributed by atoms with Crippen LogP contribution >= 0.6 is 15.9 Å². The average Bonchev–Trinajstić information content (AvgIpc) is 2.82. The number of rotatable bonds is 6. The Hall–Kier alpha value is -3.31. The maximum atomic E-state index is 13.0. The lowest BCUT2D eigenvalue weighted by molar-refractivity contribution is 0.0476. The van der Waals surface area contributed by atoms with Crippen LogP contribution in [0.25, 0.3) is 22.2 Å². The second kappa shape index (κ2) is 9.45. The van der Waals surface area contributed by atoms with Crippen LogP contribution in [-0.2, 0) is 11.2 Å². The van der Waals surface area contributed by atoms with E-state index in [4.69, 9.17) is 9.72 Å². The number of ketones is 1. The van der Waals surface area contributed by atoms with E-state index >= 15 is 0 Å². The fourth-order valence-electron chi connectivity index (χ4n) is 3.50. The molecule has 0 spiro atoms. The van der Waals surface area contributed by atoms with E-state index in [1.807, 2.05) is 61.5 Å². The van der Waals surface area contributed by atoms with Crippen LogP contribution in [0.2, 0.25) is 0 Å². The summed E-state index contributed by atoms with van der Waals surface area (Å²) in [6, 6.07) is 22.6. The Kier molecular flexibility index (Phi) is 6.47. The van der Waals surface area contributed by atoms with Crippen LogP contribution < -0.4 is 0 Å². The molecular formula is C27H22BrNO3. The Morgan fingerprint density at radius 2 is 1.66 bits per heavy atom. The zero-order chi connectivity index (χ0) is 22.7. The highest BCUT2D eigenvalue weighted by Crippen LogP contribution is 2.27. The minimum atomic E-state index is -0.542. The molecular weight excluding hydrogens is 466 g/mol. The summed E-state index contributed by atoms with van der Waals surface area (Å²) in [6.07, 6.45) is 0.901. The summed E-state index contributed by atoms with van der Waals surface area (Å²) in [7, 11) is 0. The van der Waals surface area contributed by atoms with Crippen LogP contribution in [0.15, 0.2) is 77.3 Å². The smallest absolute Gasteiger partial charge is 0.339 e. The molecule has 0 amide bonds. The van der Waals surface area contributed by atoms with Gasteiger partial charge >= 0.3 is 5.97 Å². The lowest BCUT2D eigenvalue weighted by Crippen LogP contribution is -2.15. The summed E-state index contributed by atoms with van der Waals surface area (Å²) in [5.74, 6) is -0.774. The summed E-state index contributed by atoms with van der Waals surface area (Å²) in [5, 5.41) is 0.704. The van der Waals surface area contributed by atoms with Crippen molar-refractivity contribution in [3.8, 4) is 11.3 Å². The number of benzene rings is 3. The third kappa shape index (κ3) is 4.78. The number of pyridine rings is 1. The van der Waals surface area contributed by atoms with Gasteiger partial charge in [0.25, 0.3) is 0 Å². The third-order valence-electron chi connectivity index (χ3n) is 5.34. The van der Waals surface area contributed by atoms with Gasteiger partial charge < -0.3 is 4.74 Å². The number of Topliss-reactive ketones (excluding diaryl/α,β-unsaturated/α-hetero) is 1. The second-order valence-electron chi connectivity index (χ2n) is 7.63. The van der Waals surface area contributed by atoms with Crippen molar-refractivity contribution in [3.63, 3.8) is 0 Å². The summed E-state index contributed by atoms with van der Waals surface area (Å²) >= 11 is 3.44. The normalized spacial score (nSPS) is 10.8. The van der Waals surface area contributed by atoms with Gasteiger partial charge in [-0.15, -0.1) is 0 Å². The number of halogens is 1. The molecule has 160 valence electrons. The summed E-state index contributed by atoms with van der Waals surface area (Å²) < 4.78 is 6.40. The first-order valence-electron chi connectivity index (χ1n) is 10.4. The number of hydrogen-bond donors (Lipinski definition) is 0.